The lowest BCUT2D eigenvalue weighted by molar-refractivity contribution is -0.137. The highest BCUT2D eigenvalue weighted by Crippen LogP contribution is 2.25. The van der Waals surface area contributed by atoms with Crippen LogP contribution in [0.25, 0.3) is 0 Å². The molecule has 0 atom stereocenters. The van der Waals surface area contributed by atoms with Gasteiger partial charge < -0.3 is 4.74 Å². The van der Waals surface area contributed by atoms with Crippen molar-refractivity contribution < 1.29 is 18.7 Å². The Kier molecular flexibility index (Phi) is 4.61. The Morgan fingerprint density at radius 2 is 1.81 bits per heavy atom. The van der Waals surface area contributed by atoms with E-state index in [0.29, 0.717) is 0 Å². The monoisotopic (exact) mass is 352 g/mol. The SMILES string of the molecule is CCOC(=O)C(=O)c1cc(Br)c(F)c(Br)c1. The number of hydrogen-bond donors (Lipinski definition) is 0. The second-order valence-electron chi connectivity index (χ2n) is 2.80. The van der Waals surface area contributed by atoms with Crippen LogP contribution in [0.5, 0.6) is 0 Å². The minimum absolute atomic E-state index is 0.0681. The van der Waals surface area contributed by atoms with Gasteiger partial charge in [-0.05, 0) is 50.9 Å². The second kappa shape index (κ2) is 5.54. The van der Waals surface area contributed by atoms with E-state index in [-0.39, 0.29) is 21.1 Å². The molecule has 0 amide bonds. The van der Waals surface area contributed by atoms with Crippen molar-refractivity contribution in [2.75, 3.05) is 6.61 Å². The first-order chi connectivity index (χ1) is 7.47. The molecule has 0 bridgehead atoms. The molecule has 0 saturated heterocycles. The zero-order chi connectivity index (χ0) is 12.3. The largest absolute Gasteiger partial charge is 0.460 e. The average Bonchev–Trinajstić information content (AvgIpc) is 2.24. The molecule has 0 saturated carbocycles. The van der Waals surface area contributed by atoms with Crippen LogP contribution in [0.15, 0.2) is 21.1 Å². The van der Waals surface area contributed by atoms with Crippen LogP contribution in [-0.4, -0.2) is 18.4 Å². The van der Waals surface area contributed by atoms with Gasteiger partial charge in [-0.25, -0.2) is 9.18 Å². The van der Waals surface area contributed by atoms with Crippen molar-refractivity contribution in [3.05, 3.63) is 32.5 Å². The molecule has 1 aromatic rings. The van der Waals surface area contributed by atoms with Crippen LogP contribution in [0.4, 0.5) is 4.39 Å². The van der Waals surface area contributed by atoms with Crippen molar-refractivity contribution >= 4 is 43.6 Å². The van der Waals surface area contributed by atoms with E-state index in [1.807, 2.05) is 0 Å². The lowest BCUT2D eigenvalue weighted by atomic mass is 10.1. The highest BCUT2D eigenvalue weighted by Gasteiger charge is 2.19. The van der Waals surface area contributed by atoms with E-state index in [4.69, 9.17) is 0 Å². The van der Waals surface area contributed by atoms with Crippen molar-refractivity contribution in [1.82, 2.24) is 0 Å². The maximum atomic E-state index is 13.2. The molecular weight excluding hydrogens is 347 g/mol. The van der Waals surface area contributed by atoms with Crippen molar-refractivity contribution in [3.8, 4) is 0 Å². The summed E-state index contributed by atoms with van der Waals surface area (Å²) in [4.78, 5) is 22.7. The summed E-state index contributed by atoms with van der Waals surface area (Å²) in [6.45, 7) is 1.72. The lowest BCUT2D eigenvalue weighted by Gasteiger charge is -2.03. The first-order valence-electron chi connectivity index (χ1n) is 4.33. The highest BCUT2D eigenvalue weighted by molar-refractivity contribution is 9.11. The topological polar surface area (TPSA) is 43.4 Å². The molecular formula is C10H7Br2FO3. The van der Waals surface area contributed by atoms with E-state index in [2.05, 4.69) is 36.6 Å². The molecule has 0 spiro atoms. The van der Waals surface area contributed by atoms with Crippen LogP contribution in [0.3, 0.4) is 0 Å². The molecule has 6 heteroatoms. The predicted octanol–water partition coefficient (Wildman–Crippen LogP) is 3.10. The van der Waals surface area contributed by atoms with Crippen molar-refractivity contribution in [1.29, 1.82) is 0 Å². The van der Waals surface area contributed by atoms with Crippen LogP contribution in [-0.2, 0) is 9.53 Å². The van der Waals surface area contributed by atoms with E-state index < -0.39 is 17.6 Å². The van der Waals surface area contributed by atoms with Crippen LogP contribution < -0.4 is 0 Å². The fourth-order valence-electron chi connectivity index (χ4n) is 1.00. The Balaban J connectivity index is 3.06. The molecule has 1 rings (SSSR count). The fourth-order valence-corrected chi connectivity index (χ4v) is 2.19. The van der Waals surface area contributed by atoms with E-state index in [0.717, 1.165) is 0 Å². The van der Waals surface area contributed by atoms with Crippen molar-refractivity contribution in [3.63, 3.8) is 0 Å². The van der Waals surface area contributed by atoms with Gasteiger partial charge in [0.1, 0.15) is 0 Å². The Morgan fingerprint density at radius 1 is 1.31 bits per heavy atom. The van der Waals surface area contributed by atoms with Gasteiger partial charge in [0.05, 0.1) is 15.6 Å². The number of rotatable bonds is 3. The van der Waals surface area contributed by atoms with E-state index in [1.54, 1.807) is 6.92 Å². The van der Waals surface area contributed by atoms with E-state index >= 15 is 0 Å². The van der Waals surface area contributed by atoms with Gasteiger partial charge >= 0.3 is 5.97 Å². The molecule has 86 valence electrons. The summed E-state index contributed by atoms with van der Waals surface area (Å²) >= 11 is 5.89. The first kappa shape index (κ1) is 13.3. The summed E-state index contributed by atoms with van der Waals surface area (Å²) in [6.07, 6.45) is 0. The number of carbonyl (C=O) groups excluding carboxylic acids is 2. The van der Waals surface area contributed by atoms with Gasteiger partial charge in [-0.3, -0.25) is 4.79 Å². The number of hydrogen-bond acceptors (Lipinski definition) is 3. The lowest BCUT2D eigenvalue weighted by Crippen LogP contribution is -2.17. The third-order valence-corrected chi connectivity index (χ3v) is 2.86. The molecule has 3 nitrogen and oxygen atoms in total. The molecule has 0 radical (unpaired) electrons. The molecule has 0 aliphatic rings. The third-order valence-electron chi connectivity index (χ3n) is 1.71. The van der Waals surface area contributed by atoms with Gasteiger partial charge in [0, 0.05) is 5.56 Å². The van der Waals surface area contributed by atoms with E-state index in [1.165, 1.54) is 12.1 Å². The second-order valence-corrected chi connectivity index (χ2v) is 4.51. The molecule has 1 aromatic carbocycles. The van der Waals surface area contributed by atoms with Crippen LogP contribution in [0.2, 0.25) is 0 Å². The van der Waals surface area contributed by atoms with Crippen molar-refractivity contribution in [2.45, 2.75) is 6.92 Å². The molecule has 0 aliphatic carbocycles. The molecule has 0 heterocycles. The highest BCUT2D eigenvalue weighted by atomic mass is 79.9. The number of halogens is 3. The first-order valence-corrected chi connectivity index (χ1v) is 5.92. The molecule has 0 fully saturated rings. The molecule has 0 N–H and O–H groups in total. The van der Waals surface area contributed by atoms with Gasteiger partial charge in [-0.1, -0.05) is 0 Å². The fraction of sp³-hybridized carbons (Fsp3) is 0.200. The Bertz CT molecular complexity index is 423. The van der Waals surface area contributed by atoms with Crippen LogP contribution in [0.1, 0.15) is 17.3 Å². The molecule has 0 unspecified atom stereocenters. The Morgan fingerprint density at radius 3 is 2.25 bits per heavy atom. The van der Waals surface area contributed by atoms with Gasteiger partial charge in [-0.15, -0.1) is 0 Å². The maximum absolute atomic E-state index is 13.2. The Labute approximate surface area is 108 Å². The summed E-state index contributed by atoms with van der Waals surface area (Å²) in [6, 6.07) is 2.47. The maximum Gasteiger partial charge on any atom is 0.379 e. The third kappa shape index (κ3) is 2.89. The molecule has 16 heavy (non-hydrogen) atoms. The zero-order valence-corrected chi connectivity index (χ0v) is 11.4. The number of benzene rings is 1. The summed E-state index contributed by atoms with van der Waals surface area (Å²) in [5, 5.41) is 0. The smallest absolute Gasteiger partial charge is 0.379 e. The number of Topliss-reactive ketones (excluding diaryl/α,β-unsaturated/α-hetero) is 1. The minimum Gasteiger partial charge on any atom is -0.460 e. The van der Waals surface area contributed by atoms with Gasteiger partial charge in [0.2, 0.25) is 0 Å². The summed E-state index contributed by atoms with van der Waals surface area (Å²) in [5.41, 5.74) is 0.0681. The molecule has 0 aliphatic heterocycles. The number of ketones is 1. The Hall–Kier alpha value is -0.750. The van der Waals surface area contributed by atoms with Gasteiger partial charge in [0.15, 0.2) is 5.82 Å². The number of esters is 1. The summed E-state index contributed by atoms with van der Waals surface area (Å²) in [7, 11) is 0. The number of carbonyl (C=O) groups is 2. The number of ether oxygens (including phenoxy) is 1. The normalized spacial score (nSPS) is 10.0. The quantitative estimate of drug-likeness (QED) is 0.363. The standard InChI is InChI=1S/C10H7Br2FO3/c1-2-16-10(15)9(14)5-3-6(11)8(13)7(12)4-5/h3-4H,2H2,1H3. The average molecular weight is 354 g/mol. The summed E-state index contributed by atoms with van der Waals surface area (Å²) in [5.74, 6) is -2.28. The van der Waals surface area contributed by atoms with Gasteiger partial charge in [-0.2, -0.15) is 0 Å². The van der Waals surface area contributed by atoms with Crippen molar-refractivity contribution in [2.24, 2.45) is 0 Å². The van der Waals surface area contributed by atoms with Crippen LogP contribution >= 0.6 is 31.9 Å². The van der Waals surface area contributed by atoms with Crippen LogP contribution in [0, 0.1) is 5.82 Å². The van der Waals surface area contributed by atoms with E-state index in [9.17, 15) is 14.0 Å². The summed E-state index contributed by atoms with van der Waals surface area (Å²) < 4.78 is 18.0. The zero-order valence-electron chi connectivity index (χ0n) is 8.22. The molecule has 0 aromatic heterocycles. The predicted molar refractivity (Wildman–Crippen MR) is 62.8 cm³/mol. The van der Waals surface area contributed by atoms with Gasteiger partial charge in [0.25, 0.3) is 5.78 Å². The minimum atomic E-state index is -0.951.